The van der Waals surface area contributed by atoms with E-state index in [1.807, 2.05) is 23.1 Å². The van der Waals surface area contributed by atoms with Gasteiger partial charge in [-0.1, -0.05) is 48.5 Å². The van der Waals surface area contributed by atoms with Crippen LogP contribution in [0.1, 0.15) is 35.6 Å². The predicted molar refractivity (Wildman–Crippen MR) is 92.0 cm³/mol. The van der Waals surface area contributed by atoms with Gasteiger partial charge in [0, 0.05) is 30.1 Å². The van der Waals surface area contributed by atoms with Gasteiger partial charge in [0.15, 0.2) is 0 Å². The lowest BCUT2D eigenvalue weighted by Crippen LogP contribution is -2.27. The molecule has 0 unspecified atom stereocenters. The number of carbonyl (C=O) groups excluding carboxylic acids is 1. The molecule has 1 saturated heterocycles. The van der Waals surface area contributed by atoms with Crippen LogP contribution in [-0.2, 0) is 11.3 Å². The maximum absolute atomic E-state index is 12.4. The Morgan fingerprint density at radius 1 is 1.13 bits per heavy atom. The molecule has 23 heavy (non-hydrogen) atoms. The number of aromatic nitrogens is 1. The highest BCUT2D eigenvalue weighted by atomic mass is 16.2. The van der Waals surface area contributed by atoms with E-state index in [1.165, 1.54) is 27.6 Å². The fraction of sp³-hybridized carbons (Fsp3) is 0.250. The monoisotopic (exact) mass is 304 g/mol. The number of para-hydroxylation sites is 1. The summed E-state index contributed by atoms with van der Waals surface area (Å²) in [6.45, 7) is 2.80. The topological polar surface area (TPSA) is 36.1 Å². The van der Waals surface area contributed by atoms with E-state index in [4.69, 9.17) is 0 Å². The highest BCUT2D eigenvalue weighted by Crippen LogP contribution is 2.38. The number of hydrogen-bond donors (Lipinski definition) is 1. The van der Waals surface area contributed by atoms with Crippen LogP contribution in [0.15, 0.2) is 54.7 Å². The molecule has 0 spiro atoms. The number of carbonyl (C=O) groups is 1. The minimum atomic E-state index is 0.165. The zero-order valence-corrected chi connectivity index (χ0v) is 13.3. The molecule has 116 valence electrons. The molecular formula is C20H20N2O. The zero-order chi connectivity index (χ0) is 15.8. The van der Waals surface area contributed by atoms with Crippen LogP contribution in [0.5, 0.6) is 0 Å². The molecule has 2 aromatic carbocycles. The van der Waals surface area contributed by atoms with Gasteiger partial charge in [-0.3, -0.25) is 4.79 Å². The molecule has 0 radical (unpaired) electrons. The fourth-order valence-electron chi connectivity index (χ4n) is 3.64. The number of rotatable bonds is 3. The number of amides is 1. The van der Waals surface area contributed by atoms with E-state index in [0.717, 1.165) is 6.42 Å². The number of aryl methyl sites for hydroxylation is 1. The van der Waals surface area contributed by atoms with E-state index in [9.17, 15) is 4.79 Å². The summed E-state index contributed by atoms with van der Waals surface area (Å²) < 4.78 is 0. The third-order valence-electron chi connectivity index (χ3n) is 4.84. The highest BCUT2D eigenvalue weighted by Gasteiger charge is 2.33. The van der Waals surface area contributed by atoms with Gasteiger partial charge in [-0.15, -0.1) is 0 Å². The minimum absolute atomic E-state index is 0.165. The number of hydrogen-bond acceptors (Lipinski definition) is 1. The molecule has 3 nitrogen and oxygen atoms in total. The van der Waals surface area contributed by atoms with Crippen molar-refractivity contribution in [1.29, 1.82) is 0 Å². The van der Waals surface area contributed by atoms with Crippen LogP contribution in [0, 0.1) is 6.92 Å². The molecule has 1 aromatic heterocycles. The highest BCUT2D eigenvalue weighted by molar-refractivity contribution is 5.88. The zero-order valence-electron chi connectivity index (χ0n) is 13.3. The van der Waals surface area contributed by atoms with Gasteiger partial charge in [0.2, 0.25) is 5.91 Å². The third-order valence-corrected chi connectivity index (χ3v) is 4.84. The van der Waals surface area contributed by atoms with Crippen molar-refractivity contribution < 1.29 is 4.79 Å². The summed E-state index contributed by atoms with van der Waals surface area (Å²) in [6.07, 6.45) is 3.61. The van der Waals surface area contributed by atoms with E-state index in [2.05, 4.69) is 48.4 Å². The van der Waals surface area contributed by atoms with Crippen molar-refractivity contribution in [3.8, 4) is 0 Å². The molecule has 1 aliphatic heterocycles. The van der Waals surface area contributed by atoms with Gasteiger partial charge in [0.1, 0.15) is 0 Å². The maximum atomic E-state index is 12.4. The van der Waals surface area contributed by atoms with Crippen molar-refractivity contribution in [3.63, 3.8) is 0 Å². The van der Waals surface area contributed by atoms with Crippen molar-refractivity contribution >= 4 is 16.8 Å². The first-order valence-electron chi connectivity index (χ1n) is 8.14. The summed E-state index contributed by atoms with van der Waals surface area (Å²) >= 11 is 0. The first-order chi connectivity index (χ1) is 11.2. The Labute approximate surface area is 135 Å². The number of nitrogens with one attached hydrogen (secondary N) is 1. The first kappa shape index (κ1) is 14.1. The van der Waals surface area contributed by atoms with Crippen LogP contribution in [0.25, 0.3) is 10.9 Å². The second kappa shape index (κ2) is 5.58. The molecule has 1 N–H and O–H groups in total. The summed E-state index contributed by atoms with van der Waals surface area (Å²) in [5, 5.41) is 1.24. The summed E-state index contributed by atoms with van der Waals surface area (Å²) in [5.74, 6) is 0.251. The minimum Gasteiger partial charge on any atom is -0.361 e. The molecule has 0 saturated carbocycles. The van der Waals surface area contributed by atoms with Gasteiger partial charge < -0.3 is 9.88 Å². The Balaban J connectivity index is 1.71. The van der Waals surface area contributed by atoms with Gasteiger partial charge in [-0.25, -0.2) is 0 Å². The van der Waals surface area contributed by atoms with Gasteiger partial charge in [0.05, 0.1) is 6.04 Å². The summed E-state index contributed by atoms with van der Waals surface area (Å²) in [6, 6.07) is 16.8. The Morgan fingerprint density at radius 2 is 1.96 bits per heavy atom. The largest absolute Gasteiger partial charge is 0.361 e. The van der Waals surface area contributed by atoms with E-state index in [1.54, 1.807) is 0 Å². The quantitative estimate of drug-likeness (QED) is 0.767. The van der Waals surface area contributed by atoms with Crippen LogP contribution in [-0.4, -0.2) is 15.8 Å². The molecule has 0 aliphatic carbocycles. The summed E-state index contributed by atoms with van der Waals surface area (Å²) in [4.78, 5) is 17.8. The molecule has 3 aromatic rings. The standard InChI is InChI=1S/C20H20N2O/c1-14-6-5-9-16-17(12-21-20(14)16)18-10-11-19(23)22(18)13-15-7-3-2-4-8-15/h2-9,12,18,21H,10-11,13H2,1H3/t18-/m1/s1. The molecule has 1 fully saturated rings. The van der Waals surface area contributed by atoms with Crippen LogP contribution in [0.4, 0.5) is 0 Å². The molecule has 1 aliphatic rings. The average Bonchev–Trinajstić information content (AvgIpc) is 3.14. The smallest absolute Gasteiger partial charge is 0.223 e. The SMILES string of the molecule is Cc1cccc2c([C@H]3CCC(=O)N3Cc3ccccc3)c[nH]c12. The number of fused-ring (bicyclic) bond motifs is 1. The fourth-order valence-corrected chi connectivity index (χ4v) is 3.64. The predicted octanol–water partition coefficient (Wildman–Crippen LogP) is 4.34. The molecule has 0 bridgehead atoms. The first-order valence-corrected chi connectivity index (χ1v) is 8.14. The number of H-pyrrole nitrogens is 1. The van der Waals surface area contributed by atoms with Crippen LogP contribution in [0.2, 0.25) is 0 Å². The van der Waals surface area contributed by atoms with E-state index in [-0.39, 0.29) is 11.9 Å². The Hall–Kier alpha value is -2.55. The Bertz CT molecular complexity index is 850. The van der Waals surface area contributed by atoms with Crippen molar-refractivity contribution in [2.75, 3.05) is 0 Å². The van der Waals surface area contributed by atoms with Crippen molar-refractivity contribution in [1.82, 2.24) is 9.88 Å². The lowest BCUT2D eigenvalue weighted by atomic mass is 10.0. The van der Waals surface area contributed by atoms with Gasteiger partial charge in [0.25, 0.3) is 0 Å². The molecular weight excluding hydrogens is 284 g/mol. The molecule has 2 heterocycles. The summed E-state index contributed by atoms with van der Waals surface area (Å²) in [7, 11) is 0. The van der Waals surface area contributed by atoms with Gasteiger partial charge in [-0.2, -0.15) is 0 Å². The summed E-state index contributed by atoms with van der Waals surface area (Å²) in [5.41, 5.74) is 4.85. The molecule has 1 amide bonds. The second-order valence-electron chi connectivity index (χ2n) is 6.30. The van der Waals surface area contributed by atoms with Gasteiger partial charge >= 0.3 is 0 Å². The lowest BCUT2D eigenvalue weighted by molar-refractivity contribution is -0.129. The number of likely N-dealkylation sites (tertiary alicyclic amines) is 1. The average molecular weight is 304 g/mol. The van der Waals surface area contributed by atoms with E-state index >= 15 is 0 Å². The number of nitrogens with zero attached hydrogens (tertiary/aromatic N) is 1. The van der Waals surface area contributed by atoms with Crippen molar-refractivity contribution in [2.24, 2.45) is 0 Å². The van der Waals surface area contributed by atoms with Crippen molar-refractivity contribution in [3.05, 3.63) is 71.4 Å². The molecule has 3 heteroatoms. The van der Waals surface area contributed by atoms with Crippen LogP contribution in [0.3, 0.4) is 0 Å². The molecule has 1 atom stereocenters. The van der Waals surface area contributed by atoms with Crippen LogP contribution >= 0.6 is 0 Å². The van der Waals surface area contributed by atoms with Crippen molar-refractivity contribution in [2.45, 2.75) is 32.4 Å². The maximum Gasteiger partial charge on any atom is 0.223 e. The Morgan fingerprint density at radius 3 is 2.78 bits per heavy atom. The normalized spacial score (nSPS) is 18.0. The third kappa shape index (κ3) is 2.42. The second-order valence-corrected chi connectivity index (χ2v) is 6.30. The van der Waals surface area contributed by atoms with Gasteiger partial charge in [-0.05, 0) is 30.0 Å². The number of aromatic amines is 1. The lowest BCUT2D eigenvalue weighted by Gasteiger charge is -2.25. The van der Waals surface area contributed by atoms with E-state index in [0.29, 0.717) is 13.0 Å². The van der Waals surface area contributed by atoms with Crippen LogP contribution < -0.4 is 0 Å². The number of benzene rings is 2. The molecule has 4 rings (SSSR count). The van der Waals surface area contributed by atoms with E-state index < -0.39 is 0 Å². The Kier molecular flexibility index (Phi) is 3.41.